The molecule has 1 saturated heterocycles. The van der Waals surface area contributed by atoms with Crippen molar-refractivity contribution >= 4 is 5.91 Å². The Morgan fingerprint density at radius 1 is 1.43 bits per heavy atom. The zero-order valence-electron chi connectivity index (χ0n) is 13.6. The van der Waals surface area contributed by atoms with Crippen LogP contribution in [0.15, 0.2) is 4.42 Å². The van der Waals surface area contributed by atoms with E-state index in [1.54, 1.807) is 6.92 Å². The Morgan fingerprint density at radius 2 is 2.10 bits per heavy atom. The minimum absolute atomic E-state index is 0.0935. The van der Waals surface area contributed by atoms with Crippen LogP contribution in [0.5, 0.6) is 0 Å². The normalized spacial score (nSPS) is 18.7. The van der Waals surface area contributed by atoms with Crippen LogP contribution in [0, 0.1) is 6.92 Å². The molecule has 1 N–H and O–H groups in total. The van der Waals surface area contributed by atoms with Gasteiger partial charge in [0.15, 0.2) is 0 Å². The number of carbonyl (C=O) groups is 1. The second kappa shape index (κ2) is 6.13. The number of nitrogens with one attached hydrogen (secondary N) is 1. The number of aryl methyl sites for hydroxylation is 1. The van der Waals surface area contributed by atoms with Gasteiger partial charge in [0.2, 0.25) is 17.7 Å². The van der Waals surface area contributed by atoms with Crippen LogP contribution in [0.4, 0.5) is 0 Å². The van der Waals surface area contributed by atoms with Crippen LogP contribution >= 0.6 is 0 Å². The third-order valence-corrected chi connectivity index (χ3v) is 3.84. The molecule has 2 rings (SSSR count). The lowest BCUT2D eigenvalue weighted by atomic mass is 9.81. The molecule has 0 radical (unpaired) electrons. The summed E-state index contributed by atoms with van der Waals surface area (Å²) in [5, 5.41) is 11.3. The molecule has 1 unspecified atom stereocenters. The zero-order chi connectivity index (χ0) is 15.6. The maximum Gasteiger partial charge on any atom is 0.239 e. The molecule has 21 heavy (non-hydrogen) atoms. The van der Waals surface area contributed by atoms with E-state index in [9.17, 15) is 4.79 Å². The Hall–Kier alpha value is -1.43. The summed E-state index contributed by atoms with van der Waals surface area (Å²) >= 11 is 0. The maximum absolute atomic E-state index is 12.6. The van der Waals surface area contributed by atoms with E-state index in [1.807, 2.05) is 4.90 Å². The second-order valence-corrected chi connectivity index (χ2v) is 6.54. The van der Waals surface area contributed by atoms with Crippen molar-refractivity contribution in [3.05, 3.63) is 11.8 Å². The third kappa shape index (κ3) is 3.43. The van der Waals surface area contributed by atoms with E-state index >= 15 is 0 Å². The summed E-state index contributed by atoms with van der Waals surface area (Å²) in [6.07, 6.45) is 1.86. The molecule has 1 amide bonds. The molecule has 1 atom stereocenters. The fourth-order valence-electron chi connectivity index (χ4n) is 2.82. The number of hydrogen-bond donors (Lipinski definition) is 1. The van der Waals surface area contributed by atoms with Crippen LogP contribution in [0.3, 0.4) is 0 Å². The number of hydrogen-bond acceptors (Lipinski definition) is 5. The molecule has 1 aliphatic heterocycles. The van der Waals surface area contributed by atoms with Gasteiger partial charge in [0.25, 0.3) is 0 Å². The first kappa shape index (κ1) is 15.9. The molecule has 6 heteroatoms. The van der Waals surface area contributed by atoms with Gasteiger partial charge in [-0.1, -0.05) is 27.2 Å². The van der Waals surface area contributed by atoms with E-state index in [0.717, 1.165) is 12.8 Å². The number of rotatable bonds is 6. The third-order valence-electron chi connectivity index (χ3n) is 3.84. The van der Waals surface area contributed by atoms with Crippen molar-refractivity contribution in [1.29, 1.82) is 0 Å². The highest BCUT2D eigenvalue weighted by atomic mass is 16.4. The summed E-state index contributed by atoms with van der Waals surface area (Å²) in [4.78, 5) is 14.5. The zero-order valence-corrected chi connectivity index (χ0v) is 13.6. The molecule has 0 bridgehead atoms. The molecule has 118 valence electrons. The highest BCUT2D eigenvalue weighted by Crippen LogP contribution is 2.33. The first-order valence-corrected chi connectivity index (χ1v) is 7.71. The van der Waals surface area contributed by atoms with Crippen molar-refractivity contribution < 1.29 is 9.21 Å². The molecule has 0 spiro atoms. The molecule has 6 nitrogen and oxygen atoms in total. The van der Waals surface area contributed by atoms with E-state index in [4.69, 9.17) is 4.42 Å². The number of carbonyl (C=O) groups excluding carboxylic acids is 1. The largest absolute Gasteiger partial charge is 0.425 e. The standard InChI is InChI=1S/C15H26N4O2/c1-6-7-12(16-10(2)3)13(20)19-8-15(5,9-19)14-18-17-11(4)21-14/h10,12,16H,6-9H2,1-5H3. The van der Waals surface area contributed by atoms with Crippen LogP contribution < -0.4 is 5.32 Å². The van der Waals surface area contributed by atoms with Crippen molar-refractivity contribution in [1.82, 2.24) is 20.4 Å². The van der Waals surface area contributed by atoms with Crippen molar-refractivity contribution in [3.63, 3.8) is 0 Å². The van der Waals surface area contributed by atoms with Gasteiger partial charge in [0.05, 0.1) is 11.5 Å². The Labute approximate surface area is 126 Å². The van der Waals surface area contributed by atoms with Crippen molar-refractivity contribution in [2.75, 3.05) is 13.1 Å². The molecule has 0 aliphatic carbocycles. The predicted octanol–water partition coefficient (Wildman–Crippen LogP) is 1.64. The quantitative estimate of drug-likeness (QED) is 0.863. The molecule has 1 aromatic rings. The van der Waals surface area contributed by atoms with Crippen LogP contribution in [0.25, 0.3) is 0 Å². The van der Waals surface area contributed by atoms with E-state index in [-0.39, 0.29) is 17.4 Å². The Bertz CT molecular complexity index is 492. The van der Waals surface area contributed by atoms with Gasteiger partial charge in [0, 0.05) is 26.1 Å². The summed E-state index contributed by atoms with van der Waals surface area (Å²) < 4.78 is 5.52. The van der Waals surface area contributed by atoms with E-state index < -0.39 is 0 Å². The summed E-state index contributed by atoms with van der Waals surface area (Å²) in [7, 11) is 0. The van der Waals surface area contributed by atoms with Gasteiger partial charge in [0.1, 0.15) is 0 Å². The number of likely N-dealkylation sites (tertiary alicyclic amines) is 1. The first-order valence-electron chi connectivity index (χ1n) is 7.71. The van der Waals surface area contributed by atoms with Gasteiger partial charge in [-0.3, -0.25) is 4.79 Å². The number of aromatic nitrogens is 2. The summed E-state index contributed by atoms with van der Waals surface area (Å²) in [5.41, 5.74) is -0.203. The van der Waals surface area contributed by atoms with Gasteiger partial charge in [-0.05, 0) is 13.3 Å². The number of amides is 1. The van der Waals surface area contributed by atoms with Crippen LogP contribution in [-0.2, 0) is 10.2 Å². The SMILES string of the molecule is CCCC(NC(C)C)C(=O)N1CC(C)(c2nnc(C)o2)C1. The van der Waals surface area contributed by atoms with E-state index in [0.29, 0.717) is 30.9 Å². The fraction of sp³-hybridized carbons (Fsp3) is 0.800. The Kier molecular flexibility index (Phi) is 4.66. The second-order valence-electron chi connectivity index (χ2n) is 6.54. The molecule has 0 aromatic carbocycles. The van der Waals surface area contributed by atoms with Crippen LogP contribution in [0.2, 0.25) is 0 Å². The first-order chi connectivity index (χ1) is 9.85. The minimum atomic E-state index is -0.203. The molecular formula is C15H26N4O2. The monoisotopic (exact) mass is 294 g/mol. The van der Waals surface area contributed by atoms with Gasteiger partial charge in [-0.25, -0.2) is 0 Å². The fourth-order valence-corrected chi connectivity index (χ4v) is 2.82. The summed E-state index contributed by atoms with van der Waals surface area (Å²) in [6, 6.07) is 0.209. The Balaban J connectivity index is 1.97. The van der Waals surface area contributed by atoms with Gasteiger partial charge in [-0.15, -0.1) is 10.2 Å². The molecule has 0 saturated carbocycles. The molecule has 2 heterocycles. The predicted molar refractivity (Wildman–Crippen MR) is 79.9 cm³/mol. The lowest BCUT2D eigenvalue weighted by Crippen LogP contribution is -2.63. The molecule has 1 aromatic heterocycles. The highest BCUT2D eigenvalue weighted by molar-refractivity contribution is 5.83. The minimum Gasteiger partial charge on any atom is -0.425 e. The molecule has 1 fully saturated rings. The van der Waals surface area contributed by atoms with E-state index in [1.165, 1.54) is 0 Å². The maximum atomic E-state index is 12.6. The van der Waals surface area contributed by atoms with Gasteiger partial charge in [-0.2, -0.15) is 0 Å². The molecular weight excluding hydrogens is 268 g/mol. The van der Waals surface area contributed by atoms with Gasteiger partial charge >= 0.3 is 0 Å². The summed E-state index contributed by atoms with van der Waals surface area (Å²) in [5.74, 6) is 1.38. The van der Waals surface area contributed by atoms with Crippen molar-refractivity contribution in [3.8, 4) is 0 Å². The molecule has 1 aliphatic rings. The lowest BCUT2D eigenvalue weighted by Gasteiger charge is -2.47. The smallest absolute Gasteiger partial charge is 0.239 e. The van der Waals surface area contributed by atoms with Gasteiger partial charge < -0.3 is 14.6 Å². The van der Waals surface area contributed by atoms with Crippen LogP contribution in [-0.4, -0.2) is 46.2 Å². The van der Waals surface area contributed by atoms with Crippen LogP contribution in [0.1, 0.15) is 52.3 Å². The topological polar surface area (TPSA) is 71.3 Å². The average Bonchev–Trinajstić information content (AvgIpc) is 2.80. The summed E-state index contributed by atoms with van der Waals surface area (Å²) in [6.45, 7) is 11.4. The van der Waals surface area contributed by atoms with Crippen molar-refractivity contribution in [2.24, 2.45) is 0 Å². The highest BCUT2D eigenvalue weighted by Gasteiger charge is 2.47. The van der Waals surface area contributed by atoms with E-state index in [2.05, 4.69) is 43.2 Å². The lowest BCUT2D eigenvalue weighted by molar-refractivity contribution is -0.142. The number of nitrogens with zero attached hydrogens (tertiary/aromatic N) is 3. The average molecular weight is 294 g/mol. The Morgan fingerprint density at radius 3 is 2.57 bits per heavy atom. The van der Waals surface area contributed by atoms with Crippen molar-refractivity contribution in [2.45, 2.75) is 65.0 Å².